The molecule has 0 fully saturated rings. The van der Waals surface area contributed by atoms with Gasteiger partial charge in [-0.25, -0.2) is 12.8 Å². The summed E-state index contributed by atoms with van der Waals surface area (Å²) in [5.41, 5.74) is 2.23. The monoisotopic (exact) mass is 569 g/mol. The van der Waals surface area contributed by atoms with E-state index in [4.69, 9.17) is 4.74 Å². The van der Waals surface area contributed by atoms with Gasteiger partial charge in [0, 0.05) is 11.3 Å². The molecule has 3 aromatic carbocycles. The molecule has 39 heavy (non-hydrogen) atoms. The molecule has 4 rings (SSSR count). The lowest BCUT2D eigenvalue weighted by Gasteiger charge is -2.09. The van der Waals surface area contributed by atoms with Gasteiger partial charge in [-0.15, -0.1) is 0 Å². The second kappa shape index (κ2) is 12.4. The molecular weight excluding hydrogens is 541 g/mol. The lowest BCUT2D eigenvalue weighted by atomic mass is 10.1. The lowest BCUT2D eigenvalue weighted by Crippen LogP contribution is -2.23. The third kappa shape index (κ3) is 6.98. The molecule has 0 bridgehead atoms. The van der Waals surface area contributed by atoms with Crippen LogP contribution >= 0.6 is 11.3 Å². The molecule has 1 N–H and O–H groups in total. The van der Waals surface area contributed by atoms with Crippen molar-refractivity contribution < 1.29 is 27.1 Å². The Morgan fingerprint density at radius 2 is 1.82 bits per heavy atom. The number of unbranched alkanes of at least 4 members (excludes halogenated alkanes) is 1. The fourth-order valence-corrected chi connectivity index (χ4v) is 6.06. The van der Waals surface area contributed by atoms with E-state index >= 15 is 0 Å². The number of thiazole rings is 1. The Morgan fingerprint density at radius 3 is 2.54 bits per heavy atom. The highest BCUT2D eigenvalue weighted by Gasteiger charge is 2.17. The van der Waals surface area contributed by atoms with Gasteiger partial charge in [0.1, 0.15) is 12.4 Å². The number of halogens is 1. The number of fused-ring (bicyclic) bond motifs is 1. The fraction of sp³-hybridized carbons (Fsp3) is 0.250. The van der Waals surface area contributed by atoms with Crippen molar-refractivity contribution in [2.24, 2.45) is 4.99 Å². The number of nitrogens with one attached hydrogen (secondary N) is 1. The van der Waals surface area contributed by atoms with E-state index < -0.39 is 27.7 Å². The van der Waals surface area contributed by atoms with E-state index in [1.54, 1.807) is 11.5 Å². The summed E-state index contributed by atoms with van der Waals surface area (Å²) in [6.07, 6.45) is 3.05. The smallest absolute Gasteiger partial charge is 0.326 e. The molecule has 11 heteroatoms. The van der Waals surface area contributed by atoms with Gasteiger partial charge >= 0.3 is 5.97 Å². The molecule has 1 heterocycles. The topological polar surface area (TPSA) is 107 Å². The predicted octanol–water partition coefficient (Wildman–Crippen LogP) is 5.29. The number of hydrogen-bond donors (Lipinski definition) is 1. The molecule has 0 atom stereocenters. The van der Waals surface area contributed by atoms with Crippen molar-refractivity contribution in [1.29, 1.82) is 0 Å². The standard InChI is InChI=1S/C28H28FN3O5S2/c1-3-5-7-19-10-15-24-25(16-19)38-28(32(24)18-26(33)37-4-2)30-27(34)20-8-6-9-22(17-20)31-39(35,36)23-13-11-21(29)12-14-23/h6,8-17,31H,3-5,7,18H2,1-2H3. The van der Waals surface area contributed by atoms with Crippen LogP contribution in [0.4, 0.5) is 10.1 Å². The third-order valence-electron chi connectivity index (χ3n) is 5.84. The molecule has 1 amide bonds. The zero-order chi connectivity index (χ0) is 28.0. The minimum Gasteiger partial charge on any atom is -0.465 e. The van der Waals surface area contributed by atoms with Crippen LogP contribution in [0.3, 0.4) is 0 Å². The van der Waals surface area contributed by atoms with E-state index in [-0.39, 0.29) is 29.3 Å². The van der Waals surface area contributed by atoms with E-state index in [9.17, 15) is 22.4 Å². The molecular formula is C28H28FN3O5S2. The summed E-state index contributed by atoms with van der Waals surface area (Å²) in [5.74, 6) is -1.60. The molecule has 4 aromatic rings. The Morgan fingerprint density at radius 1 is 1.05 bits per heavy atom. The summed E-state index contributed by atoms with van der Waals surface area (Å²) in [6, 6.07) is 16.3. The molecule has 0 saturated carbocycles. The molecule has 0 aliphatic heterocycles. The normalized spacial score (nSPS) is 12.0. The Hall–Kier alpha value is -3.83. The van der Waals surface area contributed by atoms with Crippen molar-refractivity contribution in [3.8, 4) is 0 Å². The Balaban J connectivity index is 1.68. The molecule has 0 aliphatic carbocycles. The molecule has 1 aromatic heterocycles. The van der Waals surface area contributed by atoms with Gasteiger partial charge in [-0.2, -0.15) is 4.99 Å². The van der Waals surface area contributed by atoms with E-state index in [1.165, 1.54) is 35.6 Å². The van der Waals surface area contributed by atoms with Crippen LogP contribution in [0.5, 0.6) is 0 Å². The summed E-state index contributed by atoms with van der Waals surface area (Å²) in [4.78, 5) is 30.0. The van der Waals surface area contributed by atoms with Crippen molar-refractivity contribution >= 4 is 49.1 Å². The van der Waals surface area contributed by atoms with Crippen LogP contribution in [0.25, 0.3) is 10.2 Å². The highest BCUT2D eigenvalue weighted by molar-refractivity contribution is 7.92. The molecule has 0 unspecified atom stereocenters. The van der Waals surface area contributed by atoms with Crippen LogP contribution in [0.2, 0.25) is 0 Å². The van der Waals surface area contributed by atoms with Crippen LogP contribution in [-0.4, -0.2) is 31.5 Å². The van der Waals surface area contributed by atoms with Gasteiger partial charge in [0.2, 0.25) is 0 Å². The van der Waals surface area contributed by atoms with Gasteiger partial charge in [0.15, 0.2) is 4.80 Å². The molecule has 0 aliphatic rings. The number of sulfonamides is 1. The Labute approximate surface area is 229 Å². The molecule has 0 saturated heterocycles. The second-order valence-corrected chi connectivity index (χ2v) is 11.4. The van der Waals surface area contributed by atoms with Crippen LogP contribution in [0, 0.1) is 5.82 Å². The number of benzene rings is 3. The largest absolute Gasteiger partial charge is 0.465 e. The predicted molar refractivity (Wildman–Crippen MR) is 149 cm³/mol. The SMILES string of the molecule is CCCCc1ccc2c(c1)sc(=NC(=O)c1cccc(NS(=O)(=O)c3ccc(F)cc3)c1)n2CC(=O)OCC. The number of anilines is 1. The second-order valence-electron chi connectivity index (χ2n) is 8.74. The Kier molecular flexibility index (Phi) is 8.93. The zero-order valence-corrected chi connectivity index (χ0v) is 23.1. The van der Waals surface area contributed by atoms with E-state index in [1.807, 2.05) is 18.2 Å². The molecule has 0 radical (unpaired) electrons. The van der Waals surface area contributed by atoms with E-state index in [0.29, 0.717) is 4.80 Å². The quantitative estimate of drug-likeness (QED) is 0.261. The average molecular weight is 570 g/mol. The first kappa shape index (κ1) is 28.2. The minimum atomic E-state index is -4.00. The first-order valence-electron chi connectivity index (χ1n) is 12.5. The summed E-state index contributed by atoms with van der Waals surface area (Å²) < 4.78 is 48.7. The van der Waals surface area contributed by atoms with Crippen molar-refractivity contribution in [2.45, 2.75) is 44.6 Å². The maximum atomic E-state index is 13.2. The number of aryl methyl sites for hydroxylation is 1. The van der Waals surface area contributed by atoms with Crippen molar-refractivity contribution in [1.82, 2.24) is 4.57 Å². The summed E-state index contributed by atoms with van der Waals surface area (Å²) >= 11 is 1.29. The van der Waals surface area contributed by atoms with Crippen molar-refractivity contribution in [3.05, 3.63) is 88.5 Å². The number of esters is 1. The van der Waals surface area contributed by atoms with Gasteiger partial charge in [0.25, 0.3) is 15.9 Å². The number of amides is 1. The maximum absolute atomic E-state index is 13.2. The number of nitrogens with zero attached hydrogens (tertiary/aromatic N) is 2. The van der Waals surface area contributed by atoms with Crippen molar-refractivity contribution in [3.63, 3.8) is 0 Å². The molecule has 8 nitrogen and oxygen atoms in total. The zero-order valence-electron chi connectivity index (χ0n) is 21.5. The summed E-state index contributed by atoms with van der Waals surface area (Å²) in [5, 5.41) is 0. The highest BCUT2D eigenvalue weighted by atomic mass is 32.2. The van der Waals surface area contributed by atoms with Gasteiger partial charge in [-0.05, 0) is 79.9 Å². The number of hydrogen-bond acceptors (Lipinski definition) is 6. The van der Waals surface area contributed by atoms with Gasteiger partial charge in [0.05, 0.1) is 21.7 Å². The van der Waals surface area contributed by atoms with E-state index in [0.717, 1.165) is 59.3 Å². The molecule has 204 valence electrons. The van der Waals surface area contributed by atoms with Crippen LogP contribution in [-0.2, 0) is 32.5 Å². The van der Waals surface area contributed by atoms with E-state index in [2.05, 4.69) is 16.6 Å². The maximum Gasteiger partial charge on any atom is 0.326 e. The van der Waals surface area contributed by atoms with Gasteiger partial charge < -0.3 is 9.30 Å². The van der Waals surface area contributed by atoms with Crippen LogP contribution in [0.1, 0.15) is 42.6 Å². The third-order valence-corrected chi connectivity index (χ3v) is 8.28. The number of aromatic nitrogens is 1. The first-order valence-corrected chi connectivity index (χ1v) is 14.8. The fourth-order valence-electron chi connectivity index (χ4n) is 3.92. The number of rotatable bonds is 10. The average Bonchev–Trinajstić information content (AvgIpc) is 3.23. The highest BCUT2D eigenvalue weighted by Crippen LogP contribution is 2.22. The number of carbonyl (C=O) groups excluding carboxylic acids is 2. The van der Waals surface area contributed by atoms with Gasteiger partial charge in [-0.1, -0.05) is 36.8 Å². The van der Waals surface area contributed by atoms with Crippen LogP contribution < -0.4 is 9.52 Å². The Bertz CT molecular complexity index is 1680. The van der Waals surface area contributed by atoms with Crippen molar-refractivity contribution in [2.75, 3.05) is 11.3 Å². The number of ether oxygens (including phenoxy) is 1. The minimum absolute atomic E-state index is 0.105. The first-order chi connectivity index (χ1) is 18.7. The number of carbonyl (C=O) groups is 2. The summed E-state index contributed by atoms with van der Waals surface area (Å²) in [7, 11) is -4.00. The summed E-state index contributed by atoms with van der Waals surface area (Å²) in [6.45, 7) is 3.98. The van der Waals surface area contributed by atoms with Gasteiger partial charge in [-0.3, -0.25) is 14.3 Å². The molecule has 0 spiro atoms. The van der Waals surface area contributed by atoms with Crippen LogP contribution in [0.15, 0.2) is 76.6 Å². The lowest BCUT2D eigenvalue weighted by molar-refractivity contribution is -0.143.